The van der Waals surface area contributed by atoms with E-state index in [9.17, 15) is 22.8 Å². The highest BCUT2D eigenvalue weighted by Crippen LogP contribution is 2.35. The minimum atomic E-state index is -4.51. The molecule has 0 fully saturated rings. The number of carbonyl (C=O) groups excluding carboxylic acids is 2. The summed E-state index contributed by atoms with van der Waals surface area (Å²) in [4.78, 5) is 28.0. The second kappa shape index (κ2) is 9.68. The maximum atomic E-state index is 12.7. The second-order valence-corrected chi connectivity index (χ2v) is 6.91. The molecule has 2 N–H and O–H groups in total. The van der Waals surface area contributed by atoms with Crippen LogP contribution in [0.3, 0.4) is 0 Å². The first-order valence-electron chi connectivity index (χ1n) is 9.88. The van der Waals surface area contributed by atoms with E-state index in [0.29, 0.717) is 17.1 Å². The third-order valence-corrected chi connectivity index (χ3v) is 4.52. The third kappa shape index (κ3) is 5.54. The van der Waals surface area contributed by atoms with E-state index in [1.165, 1.54) is 12.1 Å². The first kappa shape index (κ1) is 22.9. The molecule has 2 aromatic carbocycles. The summed E-state index contributed by atoms with van der Waals surface area (Å²) in [5.74, 6) is -0.277. The molecule has 4 rings (SSSR count). The number of aromatic nitrogens is 2. The molecule has 13 heteroatoms. The Morgan fingerprint density at radius 3 is 2.65 bits per heavy atom. The average Bonchev–Trinajstić information content (AvgIpc) is 3.49. The maximum absolute atomic E-state index is 12.7. The quantitative estimate of drug-likeness (QED) is 0.473. The van der Waals surface area contributed by atoms with Gasteiger partial charge in [0.1, 0.15) is 5.75 Å². The number of amides is 2. The van der Waals surface area contributed by atoms with E-state index in [1.807, 2.05) is 0 Å². The molecule has 0 spiro atoms. The van der Waals surface area contributed by atoms with Gasteiger partial charge in [-0.25, -0.2) is 0 Å². The number of hydrogen-bond donors (Lipinski definition) is 2. The lowest BCUT2D eigenvalue weighted by Gasteiger charge is -2.10. The summed E-state index contributed by atoms with van der Waals surface area (Å²) in [6.45, 7) is -0.292. The summed E-state index contributed by atoms with van der Waals surface area (Å²) in [6, 6.07) is 9.23. The number of fused-ring (bicyclic) bond motifs is 1. The van der Waals surface area contributed by atoms with Crippen molar-refractivity contribution in [3.05, 3.63) is 53.9 Å². The van der Waals surface area contributed by atoms with E-state index in [-0.39, 0.29) is 37.3 Å². The van der Waals surface area contributed by atoms with Gasteiger partial charge in [0.15, 0.2) is 18.1 Å². The molecule has 178 valence electrons. The molecule has 1 aromatic heterocycles. The highest BCUT2D eigenvalue weighted by molar-refractivity contribution is 5.90. The SMILES string of the molecule is O=C(COc1cccc(C(F)(F)F)c1)NCCNC(=O)c1nc(-c2ccc3c(c2)OCO3)no1. The third-order valence-electron chi connectivity index (χ3n) is 4.52. The van der Waals surface area contributed by atoms with E-state index >= 15 is 0 Å². The van der Waals surface area contributed by atoms with Gasteiger partial charge in [0.2, 0.25) is 12.6 Å². The highest BCUT2D eigenvalue weighted by Gasteiger charge is 2.30. The van der Waals surface area contributed by atoms with Gasteiger partial charge in [-0.1, -0.05) is 11.2 Å². The van der Waals surface area contributed by atoms with Crippen LogP contribution in [0.1, 0.15) is 16.2 Å². The summed E-state index contributed by atoms with van der Waals surface area (Å²) in [6.07, 6.45) is -4.51. The van der Waals surface area contributed by atoms with Crippen molar-refractivity contribution in [2.75, 3.05) is 26.5 Å². The van der Waals surface area contributed by atoms with Crippen LogP contribution in [0.2, 0.25) is 0 Å². The van der Waals surface area contributed by atoms with Crippen molar-refractivity contribution < 1.29 is 41.5 Å². The number of alkyl halides is 3. The fourth-order valence-corrected chi connectivity index (χ4v) is 2.88. The van der Waals surface area contributed by atoms with E-state index in [2.05, 4.69) is 20.8 Å². The Bertz CT molecular complexity index is 1200. The smallest absolute Gasteiger partial charge is 0.416 e. The lowest BCUT2D eigenvalue weighted by molar-refractivity contribution is -0.137. The van der Waals surface area contributed by atoms with Crippen LogP contribution in [-0.4, -0.2) is 48.4 Å². The maximum Gasteiger partial charge on any atom is 0.416 e. The second-order valence-electron chi connectivity index (χ2n) is 6.91. The fraction of sp³-hybridized carbons (Fsp3) is 0.238. The van der Waals surface area contributed by atoms with E-state index in [4.69, 9.17) is 18.7 Å². The van der Waals surface area contributed by atoms with E-state index in [0.717, 1.165) is 12.1 Å². The Kier molecular flexibility index (Phi) is 6.52. The minimum Gasteiger partial charge on any atom is -0.484 e. The molecule has 1 aliphatic rings. The molecule has 0 saturated carbocycles. The number of nitrogens with zero attached hydrogens (tertiary/aromatic N) is 2. The van der Waals surface area contributed by atoms with Gasteiger partial charge in [0, 0.05) is 18.7 Å². The predicted octanol–water partition coefficient (Wildman–Crippen LogP) is 2.41. The molecule has 0 radical (unpaired) electrons. The topological polar surface area (TPSA) is 125 Å². The number of hydrogen-bond acceptors (Lipinski definition) is 8. The van der Waals surface area contributed by atoms with Gasteiger partial charge in [0.25, 0.3) is 5.91 Å². The van der Waals surface area contributed by atoms with Crippen molar-refractivity contribution in [3.63, 3.8) is 0 Å². The van der Waals surface area contributed by atoms with Crippen molar-refractivity contribution in [1.82, 2.24) is 20.8 Å². The van der Waals surface area contributed by atoms with Gasteiger partial charge >= 0.3 is 18.0 Å². The standard InChI is InChI=1S/C21H17F3N4O6/c22-21(23,24)13-2-1-3-14(9-13)31-10-17(29)25-6-7-26-19(30)20-27-18(28-34-20)12-4-5-15-16(8-12)33-11-32-15/h1-5,8-9H,6-7,10-11H2,(H,25,29)(H,26,30). The number of benzene rings is 2. The highest BCUT2D eigenvalue weighted by atomic mass is 19.4. The predicted molar refractivity (Wildman–Crippen MR) is 108 cm³/mol. The fourth-order valence-electron chi connectivity index (χ4n) is 2.88. The molecule has 1 aliphatic heterocycles. The summed E-state index contributed by atoms with van der Waals surface area (Å²) in [7, 11) is 0. The van der Waals surface area contributed by atoms with Crippen molar-refractivity contribution in [2.24, 2.45) is 0 Å². The molecule has 0 saturated heterocycles. The number of nitrogens with one attached hydrogen (secondary N) is 2. The van der Waals surface area contributed by atoms with Crippen LogP contribution < -0.4 is 24.8 Å². The molecule has 0 atom stereocenters. The van der Waals surface area contributed by atoms with Gasteiger partial charge in [-0.15, -0.1) is 0 Å². The molecule has 0 unspecified atom stereocenters. The van der Waals surface area contributed by atoms with Crippen molar-refractivity contribution in [3.8, 4) is 28.6 Å². The largest absolute Gasteiger partial charge is 0.484 e. The summed E-state index contributed by atoms with van der Waals surface area (Å²) in [5, 5.41) is 8.73. The summed E-state index contributed by atoms with van der Waals surface area (Å²) in [5.41, 5.74) is -0.309. The first-order valence-corrected chi connectivity index (χ1v) is 9.88. The Morgan fingerprint density at radius 1 is 1.03 bits per heavy atom. The van der Waals surface area contributed by atoms with Gasteiger partial charge in [0.05, 0.1) is 5.56 Å². The monoisotopic (exact) mass is 478 g/mol. The Hall–Kier alpha value is -4.29. The normalized spacial score (nSPS) is 12.3. The molecule has 0 aliphatic carbocycles. The van der Waals surface area contributed by atoms with Crippen molar-refractivity contribution in [2.45, 2.75) is 6.18 Å². The van der Waals surface area contributed by atoms with Gasteiger partial charge in [-0.2, -0.15) is 18.2 Å². The minimum absolute atomic E-state index is 0.0376. The first-order chi connectivity index (χ1) is 16.3. The average molecular weight is 478 g/mol. The molecule has 34 heavy (non-hydrogen) atoms. The van der Waals surface area contributed by atoms with Crippen LogP contribution in [-0.2, 0) is 11.0 Å². The molecule has 2 amide bonds. The van der Waals surface area contributed by atoms with Crippen LogP contribution in [0, 0.1) is 0 Å². The van der Waals surface area contributed by atoms with Crippen LogP contribution in [0.5, 0.6) is 17.2 Å². The van der Waals surface area contributed by atoms with Crippen LogP contribution >= 0.6 is 0 Å². The number of carbonyl (C=O) groups is 2. The van der Waals surface area contributed by atoms with Gasteiger partial charge in [-0.05, 0) is 36.4 Å². The number of ether oxygens (including phenoxy) is 3. The molecule has 10 nitrogen and oxygen atoms in total. The molecule has 2 heterocycles. The van der Waals surface area contributed by atoms with Crippen molar-refractivity contribution >= 4 is 11.8 Å². The number of halogens is 3. The summed E-state index contributed by atoms with van der Waals surface area (Å²) >= 11 is 0. The molecule has 0 bridgehead atoms. The van der Waals surface area contributed by atoms with E-state index < -0.39 is 30.2 Å². The van der Waals surface area contributed by atoms with Crippen LogP contribution in [0.25, 0.3) is 11.4 Å². The summed E-state index contributed by atoms with van der Waals surface area (Å²) < 4.78 is 58.7. The van der Waals surface area contributed by atoms with Crippen LogP contribution in [0.4, 0.5) is 13.2 Å². The molecular weight excluding hydrogens is 461 g/mol. The lowest BCUT2D eigenvalue weighted by atomic mass is 10.2. The zero-order valence-electron chi connectivity index (χ0n) is 17.3. The Balaban J connectivity index is 1.19. The van der Waals surface area contributed by atoms with Gasteiger partial charge in [-0.3, -0.25) is 9.59 Å². The van der Waals surface area contributed by atoms with E-state index in [1.54, 1.807) is 18.2 Å². The zero-order chi connectivity index (χ0) is 24.1. The molecule has 3 aromatic rings. The zero-order valence-corrected chi connectivity index (χ0v) is 17.3. The lowest BCUT2D eigenvalue weighted by Crippen LogP contribution is -2.36. The number of rotatable bonds is 8. The van der Waals surface area contributed by atoms with Crippen LogP contribution in [0.15, 0.2) is 47.0 Å². The Morgan fingerprint density at radius 2 is 1.82 bits per heavy atom. The van der Waals surface area contributed by atoms with Crippen molar-refractivity contribution in [1.29, 1.82) is 0 Å². The van der Waals surface area contributed by atoms with Gasteiger partial charge < -0.3 is 29.4 Å². The Labute approximate surface area is 190 Å². The molecular formula is C21H17F3N4O6.